The SMILES string of the molecule is C/C=C\C.C=C/C=C(\C=C/C)C(=C)c1cc(NC(=C)C2=NC=CC2(C)c2cnn(C)c2)ccc1C.CC.CC. The molecule has 1 aromatic heterocycles. The van der Waals surface area contributed by atoms with E-state index in [4.69, 9.17) is 0 Å². The predicted molar refractivity (Wildman–Crippen MR) is 176 cm³/mol. The monoisotopic (exact) mass is 526 g/mol. The molecule has 0 aliphatic carbocycles. The van der Waals surface area contributed by atoms with Gasteiger partial charge in [0.05, 0.1) is 23.0 Å². The lowest BCUT2D eigenvalue weighted by atomic mass is 9.79. The number of hydrogen-bond acceptors (Lipinski definition) is 3. The topological polar surface area (TPSA) is 42.2 Å². The third kappa shape index (κ3) is 9.72. The van der Waals surface area contributed by atoms with E-state index in [2.05, 4.69) is 67.2 Å². The molecule has 0 amide bonds. The molecular formula is C35H50N4. The van der Waals surface area contributed by atoms with Crippen molar-refractivity contribution in [3.8, 4) is 0 Å². The number of aryl methyl sites for hydroxylation is 2. The Bertz CT molecular complexity index is 1230. The Morgan fingerprint density at radius 1 is 1.03 bits per heavy atom. The summed E-state index contributed by atoms with van der Waals surface area (Å²) in [5.41, 5.74) is 7.49. The van der Waals surface area contributed by atoms with Crippen molar-refractivity contribution in [2.45, 2.75) is 67.7 Å². The van der Waals surface area contributed by atoms with E-state index >= 15 is 0 Å². The third-order valence-corrected chi connectivity index (χ3v) is 5.88. The average Bonchev–Trinajstić information content (AvgIpc) is 3.58. The number of anilines is 1. The second kappa shape index (κ2) is 18.4. The van der Waals surface area contributed by atoms with E-state index in [1.807, 2.05) is 111 Å². The smallest absolute Gasteiger partial charge is 0.0774 e. The standard InChI is InChI=1S/C27H30N4.C4H8.2C2H6/c1-8-10-22(11-9-2)20(4)25-16-24(13-12-19(25)3)30-21(5)26-27(6,14-15-28-26)23-17-29-31(7)18-23;1-3-4-2;2*1-2/h8-18,30H,1,4-5H2,2-3,6-7H3;3-4H,1-2H3;2*1-2H3/b11-9-,22-10+;4-3-;;. The number of nitrogens with zero attached hydrogens (tertiary/aromatic N) is 3. The summed E-state index contributed by atoms with van der Waals surface area (Å²) in [6.45, 7) is 30.6. The number of allylic oxidation sites excluding steroid dienone is 10. The number of hydrogen-bond donors (Lipinski definition) is 1. The molecule has 39 heavy (non-hydrogen) atoms. The van der Waals surface area contributed by atoms with Crippen molar-refractivity contribution in [2.75, 3.05) is 5.32 Å². The second-order valence-electron chi connectivity index (χ2n) is 8.53. The van der Waals surface area contributed by atoms with Crippen molar-refractivity contribution >= 4 is 17.0 Å². The Kier molecular flexibility index (Phi) is 16.5. The molecule has 2 aromatic rings. The van der Waals surface area contributed by atoms with Crippen molar-refractivity contribution < 1.29 is 0 Å². The number of rotatable bonds is 8. The number of benzene rings is 1. The van der Waals surface area contributed by atoms with Gasteiger partial charge in [0.1, 0.15) is 0 Å². The Balaban J connectivity index is 0.00000162. The Morgan fingerprint density at radius 2 is 1.67 bits per heavy atom. The zero-order valence-corrected chi connectivity index (χ0v) is 26.0. The number of aliphatic imine (C=N–C) groups is 1. The number of nitrogens with one attached hydrogen (secondary N) is 1. The van der Waals surface area contributed by atoms with Gasteiger partial charge in [0.15, 0.2) is 0 Å². The molecule has 3 rings (SSSR count). The maximum atomic E-state index is 4.61. The molecule has 0 fully saturated rings. The lowest BCUT2D eigenvalue weighted by Crippen LogP contribution is -2.31. The van der Waals surface area contributed by atoms with E-state index in [0.717, 1.165) is 44.9 Å². The molecule has 0 bridgehead atoms. The maximum Gasteiger partial charge on any atom is 0.0774 e. The average molecular weight is 527 g/mol. The van der Waals surface area contributed by atoms with Crippen LogP contribution < -0.4 is 5.32 Å². The van der Waals surface area contributed by atoms with Crippen molar-refractivity contribution in [3.63, 3.8) is 0 Å². The molecule has 2 heterocycles. The van der Waals surface area contributed by atoms with Gasteiger partial charge in [-0.15, -0.1) is 0 Å². The molecule has 0 radical (unpaired) electrons. The first kappa shape index (κ1) is 35.1. The molecule has 4 nitrogen and oxygen atoms in total. The van der Waals surface area contributed by atoms with Gasteiger partial charge in [0.2, 0.25) is 0 Å². The normalized spacial score (nSPS) is 15.8. The highest BCUT2D eigenvalue weighted by atomic mass is 15.2. The molecule has 0 saturated carbocycles. The van der Waals surface area contributed by atoms with E-state index in [1.54, 1.807) is 10.8 Å². The van der Waals surface area contributed by atoms with Gasteiger partial charge in [-0.1, -0.05) is 90.0 Å². The minimum atomic E-state index is -0.374. The van der Waals surface area contributed by atoms with Crippen molar-refractivity contribution in [1.29, 1.82) is 0 Å². The molecular weight excluding hydrogens is 476 g/mol. The summed E-state index contributed by atoms with van der Waals surface area (Å²) in [5.74, 6) is 0. The van der Waals surface area contributed by atoms with E-state index in [-0.39, 0.29) is 5.41 Å². The van der Waals surface area contributed by atoms with Crippen LogP contribution >= 0.6 is 0 Å². The van der Waals surface area contributed by atoms with Crippen molar-refractivity contribution in [2.24, 2.45) is 12.0 Å². The minimum absolute atomic E-state index is 0.374. The minimum Gasteiger partial charge on any atom is -0.354 e. The Labute approximate surface area is 238 Å². The van der Waals surface area contributed by atoms with Crippen LogP contribution in [0.3, 0.4) is 0 Å². The molecule has 1 aromatic carbocycles. The van der Waals surface area contributed by atoms with Gasteiger partial charge in [-0.2, -0.15) is 5.10 Å². The van der Waals surface area contributed by atoms with Crippen LogP contribution in [0.2, 0.25) is 0 Å². The van der Waals surface area contributed by atoms with E-state index in [0.29, 0.717) is 0 Å². The molecule has 1 aliphatic heterocycles. The predicted octanol–water partition coefficient (Wildman–Crippen LogP) is 9.92. The fourth-order valence-corrected chi connectivity index (χ4v) is 3.76. The van der Waals surface area contributed by atoms with E-state index in [9.17, 15) is 0 Å². The van der Waals surface area contributed by atoms with Crippen LogP contribution in [0.5, 0.6) is 0 Å². The second-order valence-corrected chi connectivity index (χ2v) is 8.53. The Morgan fingerprint density at radius 3 is 2.18 bits per heavy atom. The van der Waals surface area contributed by atoms with Gasteiger partial charge in [-0.05, 0) is 75.1 Å². The largest absolute Gasteiger partial charge is 0.354 e. The van der Waals surface area contributed by atoms with Gasteiger partial charge in [0.25, 0.3) is 0 Å². The van der Waals surface area contributed by atoms with Gasteiger partial charge in [0, 0.05) is 30.7 Å². The first-order valence-corrected chi connectivity index (χ1v) is 13.8. The quantitative estimate of drug-likeness (QED) is 0.275. The molecule has 1 aliphatic rings. The van der Waals surface area contributed by atoms with Crippen molar-refractivity contribution in [1.82, 2.24) is 9.78 Å². The first-order chi connectivity index (χ1) is 18.7. The molecule has 1 unspecified atom stereocenters. The molecule has 4 heteroatoms. The van der Waals surface area contributed by atoms with Gasteiger partial charge in [-0.3, -0.25) is 9.67 Å². The van der Waals surface area contributed by atoms with Crippen LogP contribution in [0.4, 0.5) is 5.69 Å². The first-order valence-electron chi connectivity index (χ1n) is 13.8. The number of aromatic nitrogens is 2. The zero-order valence-electron chi connectivity index (χ0n) is 26.0. The molecule has 0 saturated heterocycles. The molecule has 1 atom stereocenters. The fraction of sp³-hybridized carbons (Fsp3) is 0.314. The summed E-state index contributed by atoms with van der Waals surface area (Å²) < 4.78 is 1.80. The highest BCUT2D eigenvalue weighted by molar-refractivity contribution is 6.11. The molecule has 210 valence electrons. The van der Waals surface area contributed by atoms with Crippen LogP contribution in [0.15, 0.2) is 115 Å². The van der Waals surface area contributed by atoms with E-state index < -0.39 is 0 Å². The van der Waals surface area contributed by atoms with Gasteiger partial charge >= 0.3 is 0 Å². The van der Waals surface area contributed by atoms with Crippen LogP contribution in [0.25, 0.3) is 5.57 Å². The lowest BCUT2D eigenvalue weighted by Gasteiger charge is -2.25. The van der Waals surface area contributed by atoms with Crippen LogP contribution in [-0.4, -0.2) is 15.5 Å². The fourth-order valence-electron chi connectivity index (χ4n) is 3.76. The summed E-state index contributed by atoms with van der Waals surface area (Å²) in [6, 6.07) is 6.24. The third-order valence-electron chi connectivity index (χ3n) is 5.88. The van der Waals surface area contributed by atoms with Crippen LogP contribution in [0.1, 0.15) is 72.1 Å². The molecule has 1 N–H and O–H groups in total. The molecule has 0 spiro atoms. The highest BCUT2D eigenvalue weighted by Crippen LogP contribution is 2.34. The zero-order chi connectivity index (χ0) is 30.0. The van der Waals surface area contributed by atoms with E-state index in [1.165, 1.54) is 0 Å². The lowest BCUT2D eigenvalue weighted by molar-refractivity contribution is 0.762. The van der Waals surface area contributed by atoms with Gasteiger partial charge < -0.3 is 5.32 Å². The summed E-state index contributed by atoms with van der Waals surface area (Å²) in [5, 5.41) is 7.77. The van der Waals surface area contributed by atoms with Crippen LogP contribution in [-0.2, 0) is 12.5 Å². The summed E-state index contributed by atoms with van der Waals surface area (Å²) >= 11 is 0. The summed E-state index contributed by atoms with van der Waals surface area (Å²) in [6.07, 6.45) is 19.6. The summed E-state index contributed by atoms with van der Waals surface area (Å²) in [7, 11) is 1.92. The van der Waals surface area contributed by atoms with Crippen molar-refractivity contribution in [3.05, 3.63) is 127 Å². The summed E-state index contributed by atoms with van der Waals surface area (Å²) in [4.78, 5) is 4.61. The highest BCUT2D eigenvalue weighted by Gasteiger charge is 2.35. The maximum absolute atomic E-state index is 4.61. The Hall–Kier alpha value is -3.92. The van der Waals surface area contributed by atoms with Crippen LogP contribution in [0, 0.1) is 6.92 Å². The van der Waals surface area contributed by atoms with Gasteiger partial charge in [-0.25, -0.2) is 0 Å².